The van der Waals surface area contributed by atoms with E-state index in [1.165, 1.54) is 24.8 Å². The van der Waals surface area contributed by atoms with E-state index in [1.54, 1.807) is 23.5 Å². The lowest BCUT2D eigenvalue weighted by atomic mass is 9.99. The molecule has 0 spiro atoms. The van der Waals surface area contributed by atoms with Gasteiger partial charge in [0.05, 0.1) is 20.9 Å². The van der Waals surface area contributed by atoms with Crippen LogP contribution in [-0.2, 0) is 16.2 Å². The van der Waals surface area contributed by atoms with Gasteiger partial charge >= 0.3 is 5.97 Å². The van der Waals surface area contributed by atoms with E-state index in [9.17, 15) is 14.9 Å². The first-order valence-electron chi connectivity index (χ1n) is 11.3. The van der Waals surface area contributed by atoms with Crippen molar-refractivity contribution in [2.75, 3.05) is 5.75 Å². The maximum atomic E-state index is 11.6. The van der Waals surface area contributed by atoms with Crippen LogP contribution in [0, 0.1) is 17.0 Å². The van der Waals surface area contributed by atoms with Crippen molar-refractivity contribution in [2.45, 2.75) is 31.7 Å². The number of benzene rings is 3. The van der Waals surface area contributed by atoms with E-state index >= 15 is 0 Å². The van der Waals surface area contributed by atoms with Gasteiger partial charge in [0, 0.05) is 58.7 Å². The normalized spacial score (nSPS) is 12.0. The highest BCUT2D eigenvalue weighted by Gasteiger charge is 2.20. The number of aryl methyl sites for hydroxylation is 2. The second-order valence-corrected chi connectivity index (χ2v) is 10.4. The lowest BCUT2D eigenvalue weighted by Crippen LogP contribution is -2.09. The number of nitro benzene ring substituents is 1. The molecule has 8 nitrogen and oxygen atoms in total. The Morgan fingerprint density at radius 2 is 1.97 bits per heavy atom. The van der Waals surface area contributed by atoms with Gasteiger partial charge in [-0.2, -0.15) is 0 Å². The fraction of sp³-hybridized carbons (Fsp3) is 0.192. The number of non-ortho nitro benzene ring substituents is 1. The van der Waals surface area contributed by atoms with Crippen LogP contribution in [0.2, 0.25) is 0 Å². The molecule has 182 valence electrons. The Hall–Kier alpha value is -3.76. The fourth-order valence-electron chi connectivity index (χ4n) is 4.43. The summed E-state index contributed by atoms with van der Waals surface area (Å²) in [7, 11) is 0. The van der Waals surface area contributed by atoms with E-state index in [0.717, 1.165) is 54.0 Å². The number of thiazole rings is 1. The van der Waals surface area contributed by atoms with E-state index in [1.807, 2.05) is 50.2 Å². The first kappa shape index (κ1) is 24.0. The highest BCUT2D eigenvalue weighted by Crippen LogP contribution is 2.36. The van der Waals surface area contributed by atoms with E-state index in [4.69, 9.17) is 4.84 Å². The number of carbonyl (C=O) groups excluding carboxylic acids is 1. The quantitative estimate of drug-likeness (QED) is 0.0781. The fourth-order valence-corrected chi connectivity index (χ4v) is 6.44. The Morgan fingerprint density at radius 1 is 1.19 bits per heavy atom. The molecule has 0 aliphatic carbocycles. The minimum atomic E-state index is -0.505. The number of nitro groups is 1. The Morgan fingerprint density at radius 3 is 2.69 bits per heavy atom. The van der Waals surface area contributed by atoms with Crippen molar-refractivity contribution in [3.05, 3.63) is 75.8 Å². The maximum absolute atomic E-state index is 11.6. The molecule has 0 aliphatic heterocycles. The molecule has 0 saturated heterocycles. The third-order valence-electron chi connectivity index (χ3n) is 6.00. The van der Waals surface area contributed by atoms with Gasteiger partial charge in [-0.05, 0) is 43.7 Å². The summed E-state index contributed by atoms with van der Waals surface area (Å²) >= 11 is 3.13. The van der Waals surface area contributed by atoms with Crippen molar-refractivity contribution in [3.63, 3.8) is 0 Å². The second kappa shape index (κ2) is 9.71. The smallest absolute Gasteiger partial charge is 0.331 e. The molecule has 5 aromatic rings. The molecular weight excluding hydrogens is 496 g/mol. The summed E-state index contributed by atoms with van der Waals surface area (Å²) < 4.78 is 4.14. The van der Waals surface area contributed by atoms with Crippen LogP contribution >= 0.6 is 23.1 Å². The molecule has 0 amide bonds. The minimum Gasteiger partial charge on any atom is -0.341 e. The topological polar surface area (TPSA) is 99.6 Å². The van der Waals surface area contributed by atoms with Gasteiger partial charge in [-0.3, -0.25) is 10.1 Å². The molecule has 5 rings (SSSR count). The molecule has 0 saturated carbocycles. The van der Waals surface area contributed by atoms with Gasteiger partial charge in [0.15, 0.2) is 4.34 Å². The average molecular weight is 519 g/mol. The highest BCUT2D eigenvalue weighted by atomic mass is 32.2. The molecule has 0 unspecified atom stereocenters. The molecule has 0 radical (unpaired) electrons. The van der Waals surface area contributed by atoms with Gasteiger partial charge in [-0.15, -0.1) is 11.3 Å². The van der Waals surface area contributed by atoms with Crippen molar-refractivity contribution in [1.29, 1.82) is 0 Å². The van der Waals surface area contributed by atoms with Crippen molar-refractivity contribution in [3.8, 4) is 0 Å². The Kier molecular flexibility index (Phi) is 6.46. The lowest BCUT2D eigenvalue weighted by Gasteiger charge is -2.11. The second-order valence-electron chi connectivity index (χ2n) is 8.19. The number of rotatable bonds is 7. The molecule has 0 N–H and O–H groups in total. The molecule has 36 heavy (non-hydrogen) atoms. The summed E-state index contributed by atoms with van der Waals surface area (Å²) in [5.74, 6) is -0.0686. The zero-order valence-corrected chi connectivity index (χ0v) is 21.5. The van der Waals surface area contributed by atoms with E-state index < -0.39 is 5.97 Å². The molecule has 3 aromatic carbocycles. The van der Waals surface area contributed by atoms with Crippen molar-refractivity contribution >= 4 is 72.5 Å². The van der Waals surface area contributed by atoms with Crippen molar-refractivity contribution < 1.29 is 14.6 Å². The van der Waals surface area contributed by atoms with Gasteiger partial charge in [-0.25, -0.2) is 9.78 Å². The number of hydrogen-bond acceptors (Lipinski definition) is 8. The SMILES string of the molecule is CCn1c2ccc([N+](=O)[O-])cc2c2c(C)c(C(CSc3nc4ccccc4s3)=NOC(C)=O)ccc21. The number of oxime groups is 1. The third-order valence-corrected chi connectivity index (χ3v) is 8.19. The number of carbonyl (C=O) groups is 1. The molecule has 10 heteroatoms. The average Bonchev–Trinajstić information content (AvgIpc) is 3.42. The number of thioether (sulfide) groups is 1. The van der Waals surface area contributed by atoms with Crippen LogP contribution in [-0.4, -0.2) is 31.9 Å². The van der Waals surface area contributed by atoms with Gasteiger partial charge in [0.1, 0.15) is 0 Å². The highest BCUT2D eigenvalue weighted by molar-refractivity contribution is 8.01. The Bertz CT molecular complexity index is 1650. The predicted molar refractivity (Wildman–Crippen MR) is 145 cm³/mol. The largest absolute Gasteiger partial charge is 0.341 e. The van der Waals surface area contributed by atoms with Crippen LogP contribution < -0.4 is 0 Å². The van der Waals surface area contributed by atoms with Gasteiger partial charge in [0.25, 0.3) is 5.69 Å². The van der Waals surface area contributed by atoms with Crippen LogP contribution in [0.5, 0.6) is 0 Å². The standard InChI is InChI=1S/C26H22N4O4S2/c1-4-29-22-11-9-17(30(32)33)13-19(22)25-15(2)18(10-12-23(25)29)21(28-34-16(3)31)14-35-26-27-20-7-5-6-8-24(20)36-26/h5-13H,4,14H2,1-3H3. The summed E-state index contributed by atoms with van der Waals surface area (Å²) in [5.41, 5.74) is 5.23. The lowest BCUT2D eigenvalue weighted by molar-refractivity contribution is -0.384. The predicted octanol–water partition coefficient (Wildman–Crippen LogP) is 6.70. The number of hydrogen-bond donors (Lipinski definition) is 0. The number of fused-ring (bicyclic) bond motifs is 4. The zero-order valence-electron chi connectivity index (χ0n) is 19.8. The van der Waals surface area contributed by atoms with Crippen LogP contribution in [0.3, 0.4) is 0 Å². The van der Waals surface area contributed by atoms with Gasteiger partial charge in [0.2, 0.25) is 0 Å². The minimum absolute atomic E-state index is 0.0441. The molecule has 0 aliphatic rings. The summed E-state index contributed by atoms with van der Waals surface area (Å²) in [6.45, 7) is 6.05. The third kappa shape index (κ3) is 4.33. The van der Waals surface area contributed by atoms with E-state index in [2.05, 4.69) is 14.7 Å². The zero-order chi connectivity index (χ0) is 25.4. The summed E-state index contributed by atoms with van der Waals surface area (Å²) in [4.78, 5) is 32.4. The number of nitrogens with zero attached hydrogens (tertiary/aromatic N) is 4. The summed E-state index contributed by atoms with van der Waals surface area (Å²) in [6.07, 6.45) is 0. The van der Waals surface area contributed by atoms with Crippen LogP contribution in [0.4, 0.5) is 5.69 Å². The van der Waals surface area contributed by atoms with Crippen LogP contribution in [0.1, 0.15) is 25.0 Å². The number of para-hydroxylation sites is 1. The van der Waals surface area contributed by atoms with E-state index in [0.29, 0.717) is 11.5 Å². The summed E-state index contributed by atoms with van der Waals surface area (Å²) in [6, 6.07) is 16.9. The van der Waals surface area contributed by atoms with E-state index in [-0.39, 0.29) is 10.6 Å². The van der Waals surface area contributed by atoms with Crippen LogP contribution in [0.25, 0.3) is 32.0 Å². The first-order valence-corrected chi connectivity index (χ1v) is 13.1. The Balaban J connectivity index is 1.61. The maximum Gasteiger partial charge on any atom is 0.331 e. The number of aromatic nitrogens is 2. The summed E-state index contributed by atoms with van der Waals surface area (Å²) in [5, 5.41) is 17.4. The van der Waals surface area contributed by atoms with Crippen LogP contribution in [0.15, 0.2) is 64.1 Å². The molecule has 2 heterocycles. The molecule has 0 bridgehead atoms. The Labute approximate surface area is 214 Å². The monoisotopic (exact) mass is 518 g/mol. The van der Waals surface area contributed by atoms with Gasteiger partial charge in [-0.1, -0.05) is 35.1 Å². The molecule has 0 atom stereocenters. The van der Waals surface area contributed by atoms with Gasteiger partial charge < -0.3 is 9.40 Å². The van der Waals surface area contributed by atoms with Crippen molar-refractivity contribution in [1.82, 2.24) is 9.55 Å². The first-order chi connectivity index (χ1) is 17.4. The molecular formula is C26H22N4O4S2. The molecule has 0 fully saturated rings. The molecule has 2 aromatic heterocycles. The van der Waals surface area contributed by atoms with Crippen molar-refractivity contribution in [2.24, 2.45) is 5.16 Å².